The molecule has 0 radical (unpaired) electrons. The Kier molecular flexibility index (Phi) is 6.44. The van der Waals surface area contributed by atoms with E-state index in [0.29, 0.717) is 25.4 Å². The maximum Gasteiger partial charge on any atom is 0.250 e. The van der Waals surface area contributed by atoms with Crippen LogP contribution in [0.5, 0.6) is 5.75 Å². The van der Waals surface area contributed by atoms with E-state index in [2.05, 4.69) is 44.3 Å². The zero-order valence-electron chi connectivity index (χ0n) is 16.5. The lowest BCUT2D eigenvalue weighted by molar-refractivity contribution is -0.116. The fourth-order valence-corrected chi connectivity index (χ4v) is 4.40. The Morgan fingerprint density at radius 1 is 1.23 bits per heavy atom. The predicted molar refractivity (Wildman–Crippen MR) is 123 cm³/mol. The number of aryl methyl sites for hydroxylation is 1. The molecule has 154 valence electrons. The quantitative estimate of drug-likeness (QED) is 0.331. The topological polar surface area (TPSA) is 68.5 Å². The third-order valence-electron chi connectivity index (χ3n) is 4.61. The summed E-state index contributed by atoms with van der Waals surface area (Å²) in [6, 6.07) is 16.0. The molecule has 0 fully saturated rings. The first-order valence-corrected chi connectivity index (χ1v) is 11.4. The number of halogens is 1. The Balaban J connectivity index is 1.30. The number of aromatic nitrogens is 3. The lowest BCUT2D eigenvalue weighted by atomic mass is 10.2. The van der Waals surface area contributed by atoms with Gasteiger partial charge in [0.2, 0.25) is 16.8 Å². The number of nitrogens with one attached hydrogen (secondary N) is 1. The number of fused-ring (bicyclic) bond motifs is 1. The number of hydrogen-bond acceptors (Lipinski definition) is 5. The van der Waals surface area contributed by atoms with Crippen LogP contribution in [0.15, 0.2) is 58.4 Å². The van der Waals surface area contributed by atoms with Gasteiger partial charge in [0.25, 0.3) is 0 Å². The minimum atomic E-state index is -0.126. The van der Waals surface area contributed by atoms with E-state index in [0.717, 1.165) is 32.9 Å². The van der Waals surface area contributed by atoms with Crippen LogP contribution in [0.1, 0.15) is 25.3 Å². The molecule has 2 heterocycles. The molecular weight excluding hydrogens is 464 g/mol. The summed E-state index contributed by atoms with van der Waals surface area (Å²) in [5, 5.41) is 9.23. The standard InChI is InChI=1S/C22H21BrN4O2S/c1-2-15-10-11-19(17(23)13-15)29-12-6-9-20(28)24-21-25-22-27(26-21)18(14-30-22)16-7-4-3-5-8-16/h3-5,7-8,10-11,13-14H,2,6,9,12H2,1H3,(H,24,26,28). The Hall–Kier alpha value is -2.71. The van der Waals surface area contributed by atoms with E-state index in [9.17, 15) is 4.79 Å². The summed E-state index contributed by atoms with van der Waals surface area (Å²) in [7, 11) is 0. The van der Waals surface area contributed by atoms with Gasteiger partial charge in [0.05, 0.1) is 16.8 Å². The highest BCUT2D eigenvalue weighted by Crippen LogP contribution is 2.27. The normalized spacial score (nSPS) is 11.0. The number of benzene rings is 2. The molecule has 0 aliphatic heterocycles. The van der Waals surface area contributed by atoms with Crippen molar-refractivity contribution < 1.29 is 9.53 Å². The number of ether oxygens (including phenoxy) is 1. The molecule has 2 aromatic heterocycles. The molecule has 30 heavy (non-hydrogen) atoms. The minimum absolute atomic E-state index is 0.126. The second-order valence-electron chi connectivity index (χ2n) is 6.74. The maximum atomic E-state index is 12.3. The lowest BCUT2D eigenvalue weighted by Gasteiger charge is -2.09. The van der Waals surface area contributed by atoms with E-state index in [1.165, 1.54) is 16.9 Å². The van der Waals surface area contributed by atoms with Gasteiger partial charge >= 0.3 is 0 Å². The molecule has 4 aromatic rings. The fourth-order valence-electron chi connectivity index (χ4n) is 3.02. The van der Waals surface area contributed by atoms with Crippen molar-refractivity contribution >= 4 is 44.1 Å². The monoisotopic (exact) mass is 484 g/mol. The Morgan fingerprint density at radius 3 is 2.83 bits per heavy atom. The van der Waals surface area contributed by atoms with Gasteiger partial charge in [-0.25, -0.2) is 4.52 Å². The van der Waals surface area contributed by atoms with E-state index < -0.39 is 0 Å². The zero-order chi connectivity index (χ0) is 20.9. The van der Waals surface area contributed by atoms with Crippen LogP contribution < -0.4 is 10.1 Å². The summed E-state index contributed by atoms with van der Waals surface area (Å²) in [6.45, 7) is 2.57. The van der Waals surface area contributed by atoms with Crippen molar-refractivity contribution in [3.8, 4) is 17.0 Å². The van der Waals surface area contributed by atoms with Gasteiger partial charge in [-0.2, -0.15) is 4.98 Å². The van der Waals surface area contributed by atoms with Gasteiger partial charge in [-0.15, -0.1) is 16.4 Å². The highest BCUT2D eigenvalue weighted by molar-refractivity contribution is 9.10. The molecule has 0 atom stereocenters. The van der Waals surface area contributed by atoms with Crippen LogP contribution in [0.3, 0.4) is 0 Å². The van der Waals surface area contributed by atoms with E-state index in [1.807, 2.05) is 47.8 Å². The SMILES string of the molecule is CCc1ccc(OCCCC(=O)Nc2nc3scc(-c4ccccc4)n3n2)c(Br)c1. The number of carbonyl (C=O) groups excluding carboxylic acids is 1. The Labute approximate surface area is 187 Å². The number of amides is 1. The van der Waals surface area contributed by atoms with Crippen molar-refractivity contribution in [3.05, 3.63) is 63.9 Å². The van der Waals surface area contributed by atoms with Crippen molar-refractivity contribution in [2.45, 2.75) is 26.2 Å². The average molecular weight is 485 g/mol. The van der Waals surface area contributed by atoms with Crippen LogP contribution in [0.4, 0.5) is 5.95 Å². The second-order valence-corrected chi connectivity index (χ2v) is 8.43. The lowest BCUT2D eigenvalue weighted by Crippen LogP contribution is -2.14. The van der Waals surface area contributed by atoms with E-state index in [1.54, 1.807) is 4.52 Å². The maximum absolute atomic E-state index is 12.3. The van der Waals surface area contributed by atoms with Crippen molar-refractivity contribution in [1.29, 1.82) is 0 Å². The molecule has 1 amide bonds. The van der Waals surface area contributed by atoms with E-state index in [-0.39, 0.29) is 5.91 Å². The van der Waals surface area contributed by atoms with Crippen LogP contribution in [-0.2, 0) is 11.2 Å². The number of hydrogen-bond donors (Lipinski definition) is 1. The fraction of sp³-hybridized carbons (Fsp3) is 0.227. The van der Waals surface area contributed by atoms with E-state index in [4.69, 9.17) is 4.74 Å². The molecule has 6 nitrogen and oxygen atoms in total. The summed E-state index contributed by atoms with van der Waals surface area (Å²) in [5.41, 5.74) is 3.26. The van der Waals surface area contributed by atoms with Gasteiger partial charge < -0.3 is 4.74 Å². The largest absolute Gasteiger partial charge is 0.492 e. The van der Waals surface area contributed by atoms with E-state index >= 15 is 0 Å². The Morgan fingerprint density at radius 2 is 2.07 bits per heavy atom. The highest BCUT2D eigenvalue weighted by atomic mass is 79.9. The molecule has 0 aliphatic carbocycles. The van der Waals surface area contributed by atoms with Crippen molar-refractivity contribution in [3.63, 3.8) is 0 Å². The van der Waals surface area contributed by atoms with Crippen molar-refractivity contribution in [1.82, 2.24) is 14.6 Å². The summed E-state index contributed by atoms with van der Waals surface area (Å²) in [6.07, 6.45) is 1.92. The first kappa shape index (κ1) is 20.6. The Bertz CT molecular complexity index is 1160. The third-order valence-corrected chi connectivity index (χ3v) is 6.05. The summed E-state index contributed by atoms with van der Waals surface area (Å²) in [4.78, 5) is 17.4. The number of thiazole rings is 1. The van der Waals surface area contributed by atoms with Crippen molar-refractivity contribution in [2.75, 3.05) is 11.9 Å². The third kappa shape index (κ3) is 4.71. The van der Waals surface area contributed by atoms with Crippen LogP contribution in [0.2, 0.25) is 0 Å². The number of carbonyl (C=O) groups is 1. The first-order chi connectivity index (χ1) is 14.6. The highest BCUT2D eigenvalue weighted by Gasteiger charge is 2.13. The van der Waals surface area contributed by atoms with Gasteiger partial charge in [0.1, 0.15) is 5.75 Å². The van der Waals surface area contributed by atoms with Gasteiger partial charge in [-0.1, -0.05) is 43.3 Å². The van der Waals surface area contributed by atoms with Gasteiger partial charge in [-0.05, 0) is 46.5 Å². The summed E-state index contributed by atoms with van der Waals surface area (Å²) < 4.78 is 8.47. The molecule has 0 saturated carbocycles. The van der Waals surface area contributed by atoms with Crippen LogP contribution in [-0.4, -0.2) is 27.1 Å². The second kappa shape index (κ2) is 9.40. The van der Waals surface area contributed by atoms with Gasteiger partial charge in [0.15, 0.2) is 0 Å². The molecule has 2 aromatic carbocycles. The molecule has 1 N–H and O–H groups in total. The van der Waals surface area contributed by atoms with Gasteiger partial charge in [0, 0.05) is 17.4 Å². The zero-order valence-corrected chi connectivity index (χ0v) is 18.9. The number of anilines is 1. The molecule has 0 saturated heterocycles. The minimum Gasteiger partial charge on any atom is -0.492 e. The molecular formula is C22H21BrN4O2S. The van der Waals surface area contributed by atoms with Crippen LogP contribution >= 0.6 is 27.3 Å². The first-order valence-electron chi connectivity index (χ1n) is 9.75. The smallest absolute Gasteiger partial charge is 0.250 e. The summed E-state index contributed by atoms with van der Waals surface area (Å²) >= 11 is 5.02. The molecule has 0 spiro atoms. The molecule has 4 rings (SSSR count). The van der Waals surface area contributed by atoms with Crippen LogP contribution in [0, 0.1) is 0 Å². The van der Waals surface area contributed by atoms with Crippen LogP contribution in [0.25, 0.3) is 16.2 Å². The average Bonchev–Trinajstić information content (AvgIpc) is 3.32. The van der Waals surface area contributed by atoms with Gasteiger partial charge in [-0.3, -0.25) is 10.1 Å². The molecule has 8 heteroatoms. The van der Waals surface area contributed by atoms with Crippen molar-refractivity contribution in [2.24, 2.45) is 0 Å². The molecule has 0 bridgehead atoms. The molecule has 0 aliphatic rings. The summed E-state index contributed by atoms with van der Waals surface area (Å²) in [5.74, 6) is 0.985. The number of nitrogens with zero attached hydrogens (tertiary/aromatic N) is 3. The number of rotatable bonds is 8. The predicted octanol–water partition coefficient (Wildman–Crippen LogP) is 5.58. The molecule has 0 unspecified atom stereocenters.